The van der Waals surface area contributed by atoms with Crippen LogP contribution in [0.1, 0.15) is 64.7 Å². The first-order valence-electron chi connectivity index (χ1n) is 7.16. The highest BCUT2D eigenvalue weighted by Gasteiger charge is 2.33. The molecule has 0 saturated carbocycles. The fraction of sp³-hybridized carbons (Fsp3) is 1.00. The summed E-state index contributed by atoms with van der Waals surface area (Å²) in [6.07, 6.45) is 13.3. The maximum Gasteiger partial charge on any atom is 0.0124 e. The van der Waals surface area contributed by atoms with Crippen molar-refractivity contribution in [2.45, 2.75) is 70.8 Å². The highest BCUT2D eigenvalue weighted by atomic mass is 15.2. The molecular weight excluding hydrogens is 182 g/mol. The van der Waals surface area contributed by atoms with Gasteiger partial charge in [0.05, 0.1) is 0 Å². The molecule has 2 atom stereocenters. The minimum atomic E-state index is 0.986. The summed E-state index contributed by atoms with van der Waals surface area (Å²) >= 11 is 0. The summed E-state index contributed by atoms with van der Waals surface area (Å²) in [5.74, 6) is 1.05. The van der Waals surface area contributed by atoms with E-state index in [2.05, 4.69) is 11.8 Å². The van der Waals surface area contributed by atoms with Crippen LogP contribution >= 0.6 is 0 Å². The van der Waals surface area contributed by atoms with Crippen molar-refractivity contribution in [3.8, 4) is 0 Å². The second kappa shape index (κ2) is 5.89. The van der Waals surface area contributed by atoms with Gasteiger partial charge in [0.15, 0.2) is 0 Å². The van der Waals surface area contributed by atoms with Crippen LogP contribution in [0.3, 0.4) is 0 Å². The predicted molar refractivity (Wildman–Crippen MR) is 66.1 cm³/mol. The van der Waals surface area contributed by atoms with E-state index in [0.29, 0.717) is 0 Å². The fourth-order valence-corrected chi connectivity index (χ4v) is 3.58. The number of unbranched alkanes of at least 4 members (excludes halogenated alkanes) is 3. The van der Waals surface area contributed by atoms with Crippen molar-refractivity contribution in [1.82, 2.24) is 4.90 Å². The topological polar surface area (TPSA) is 3.24 Å². The highest BCUT2D eigenvalue weighted by Crippen LogP contribution is 2.34. The van der Waals surface area contributed by atoms with E-state index < -0.39 is 0 Å². The Bertz CT molecular complexity index is 178. The van der Waals surface area contributed by atoms with E-state index in [-0.39, 0.29) is 0 Å². The van der Waals surface area contributed by atoms with Gasteiger partial charge in [0, 0.05) is 6.04 Å². The van der Waals surface area contributed by atoms with Crippen molar-refractivity contribution in [2.75, 3.05) is 13.1 Å². The van der Waals surface area contributed by atoms with Gasteiger partial charge < -0.3 is 4.90 Å². The molecule has 1 heteroatoms. The van der Waals surface area contributed by atoms with Gasteiger partial charge in [-0.15, -0.1) is 0 Å². The predicted octanol–water partition coefficient (Wildman–Crippen LogP) is 3.83. The molecule has 0 unspecified atom stereocenters. The lowest BCUT2D eigenvalue weighted by Crippen LogP contribution is -2.40. The summed E-state index contributed by atoms with van der Waals surface area (Å²) in [7, 11) is 0. The SMILES string of the molecule is CCCCCC[C@H]1CCCN2CCC[C@@H]12. The Kier molecular flexibility index (Phi) is 4.49. The van der Waals surface area contributed by atoms with Gasteiger partial charge in [0.25, 0.3) is 0 Å². The van der Waals surface area contributed by atoms with Crippen LogP contribution in [0.25, 0.3) is 0 Å². The summed E-state index contributed by atoms with van der Waals surface area (Å²) < 4.78 is 0. The molecule has 2 heterocycles. The van der Waals surface area contributed by atoms with Crippen molar-refractivity contribution >= 4 is 0 Å². The third-order valence-electron chi connectivity index (χ3n) is 4.41. The van der Waals surface area contributed by atoms with E-state index in [9.17, 15) is 0 Å². The molecular formula is C14H27N. The first-order valence-corrected chi connectivity index (χ1v) is 7.16. The van der Waals surface area contributed by atoms with E-state index in [1.807, 2.05) is 0 Å². The van der Waals surface area contributed by atoms with Crippen LogP contribution in [0.4, 0.5) is 0 Å². The molecule has 0 aromatic rings. The third kappa shape index (κ3) is 2.96. The maximum absolute atomic E-state index is 2.77. The monoisotopic (exact) mass is 209 g/mol. The molecule has 0 spiro atoms. The van der Waals surface area contributed by atoms with Gasteiger partial charge in [-0.1, -0.05) is 32.6 Å². The third-order valence-corrected chi connectivity index (χ3v) is 4.41. The fourth-order valence-electron chi connectivity index (χ4n) is 3.58. The average molecular weight is 209 g/mol. The van der Waals surface area contributed by atoms with Crippen LogP contribution in [0.2, 0.25) is 0 Å². The zero-order valence-electron chi connectivity index (χ0n) is 10.4. The van der Waals surface area contributed by atoms with E-state index in [1.54, 1.807) is 0 Å². The summed E-state index contributed by atoms with van der Waals surface area (Å²) in [6.45, 7) is 5.10. The molecule has 2 aliphatic rings. The lowest BCUT2D eigenvalue weighted by molar-refractivity contribution is 0.125. The Morgan fingerprint density at radius 1 is 1.00 bits per heavy atom. The van der Waals surface area contributed by atoms with Crippen LogP contribution in [-0.4, -0.2) is 24.0 Å². The molecule has 15 heavy (non-hydrogen) atoms. The molecule has 0 amide bonds. The molecule has 0 N–H and O–H groups in total. The van der Waals surface area contributed by atoms with E-state index in [4.69, 9.17) is 0 Å². The van der Waals surface area contributed by atoms with Crippen molar-refractivity contribution in [3.05, 3.63) is 0 Å². The minimum Gasteiger partial charge on any atom is -0.300 e. The van der Waals surface area contributed by atoms with Gasteiger partial charge in [-0.05, 0) is 51.1 Å². The number of hydrogen-bond acceptors (Lipinski definition) is 1. The summed E-state index contributed by atoms with van der Waals surface area (Å²) in [5, 5.41) is 0. The molecule has 88 valence electrons. The minimum absolute atomic E-state index is 0.986. The van der Waals surface area contributed by atoms with Crippen molar-refractivity contribution in [2.24, 2.45) is 5.92 Å². The summed E-state index contributed by atoms with van der Waals surface area (Å²) in [5.41, 5.74) is 0. The maximum atomic E-state index is 2.77. The van der Waals surface area contributed by atoms with Crippen LogP contribution < -0.4 is 0 Å². The quantitative estimate of drug-likeness (QED) is 0.622. The van der Waals surface area contributed by atoms with E-state index >= 15 is 0 Å². The summed E-state index contributed by atoms with van der Waals surface area (Å²) in [6, 6.07) is 0.986. The van der Waals surface area contributed by atoms with Gasteiger partial charge in [0.1, 0.15) is 0 Å². The zero-order valence-corrected chi connectivity index (χ0v) is 10.4. The number of piperidine rings is 1. The van der Waals surface area contributed by atoms with Crippen LogP contribution in [0.15, 0.2) is 0 Å². The number of hydrogen-bond donors (Lipinski definition) is 0. The molecule has 1 nitrogen and oxygen atoms in total. The largest absolute Gasteiger partial charge is 0.300 e. The van der Waals surface area contributed by atoms with Crippen molar-refractivity contribution in [1.29, 1.82) is 0 Å². The zero-order chi connectivity index (χ0) is 10.5. The Hall–Kier alpha value is -0.0400. The van der Waals surface area contributed by atoms with Crippen molar-refractivity contribution < 1.29 is 0 Å². The van der Waals surface area contributed by atoms with Crippen LogP contribution in [0.5, 0.6) is 0 Å². The molecule has 0 aliphatic carbocycles. The first-order chi connectivity index (χ1) is 7.42. The number of fused-ring (bicyclic) bond motifs is 1. The Balaban J connectivity index is 1.71. The Morgan fingerprint density at radius 2 is 1.80 bits per heavy atom. The second-order valence-electron chi connectivity index (χ2n) is 5.50. The van der Waals surface area contributed by atoms with Gasteiger partial charge >= 0.3 is 0 Å². The molecule has 0 aromatic carbocycles. The Labute approximate surface area is 95.2 Å². The second-order valence-corrected chi connectivity index (χ2v) is 5.50. The molecule has 2 aliphatic heterocycles. The van der Waals surface area contributed by atoms with E-state index in [1.165, 1.54) is 70.9 Å². The average Bonchev–Trinajstić information content (AvgIpc) is 2.73. The molecule has 2 rings (SSSR count). The number of nitrogens with zero attached hydrogens (tertiary/aromatic N) is 1. The van der Waals surface area contributed by atoms with Crippen LogP contribution in [0, 0.1) is 5.92 Å². The number of rotatable bonds is 5. The lowest BCUT2D eigenvalue weighted by atomic mass is 9.85. The lowest BCUT2D eigenvalue weighted by Gasteiger charge is -2.36. The van der Waals surface area contributed by atoms with Gasteiger partial charge in [-0.2, -0.15) is 0 Å². The molecule has 0 bridgehead atoms. The first kappa shape index (κ1) is 11.4. The Morgan fingerprint density at radius 3 is 2.60 bits per heavy atom. The highest BCUT2D eigenvalue weighted by molar-refractivity contribution is 4.88. The van der Waals surface area contributed by atoms with Crippen molar-refractivity contribution in [3.63, 3.8) is 0 Å². The molecule has 2 fully saturated rings. The van der Waals surface area contributed by atoms with Gasteiger partial charge in [0.2, 0.25) is 0 Å². The molecule has 2 saturated heterocycles. The molecule has 0 aromatic heterocycles. The van der Waals surface area contributed by atoms with E-state index in [0.717, 1.165) is 12.0 Å². The summed E-state index contributed by atoms with van der Waals surface area (Å²) in [4.78, 5) is 2.77. The normalized spacial score (nSPS) is 31.8. The van der Waals surface area contributed by atoms with Gasteiger partial charge in [-0.25, -0.2) is 0 Å². The molecule has 0 radical (unpaired) electrons. The standard InChI is InChI=1S/C14H27N/c1-2-3-4-5-8-13-9-6-11-15-12-7-10-14(13)15/h13-14H,2-12H2,1H3/t13-,14-/m0/s1. The smallest absolute Gasteiger partial charge is 0.0124 e. The van der Waals surface area contributed by atoms with Gasteiger partial charge in [-0.3, -0.25) is 0 Å². The van der Waals surface area contributed by atoms with Crippen LogP contribution in [-0.2, 0) is 0 Å².